The molecule has 1 amide bonds. The SMILES string of the molecule is CCCc1n[nH]c(=S)n1CC(=O)N1CCCN(Cc2ccc(F)cc2)CC1. The molecule has 0 bridgehead atoms. The van der Waals surface area contributed by atoms with E-state index in [2.05, 4.69) is 22.0 Å². The van der Waals surface area contributed by atoms with Crippen molar-refractivity contribution >= 4 is 18.1 Å². The van der Waals surface area contributed by atoms with Crippen molar-refractivity contribution in [2.24, 2.45) is 0 Å². The summed E-state index contributed by atoms with van der Waals surface area (Å²) in [6.45, 7) is 6.25. The first-order chi connectivity index (χ1) is 13.1. The summed E-state index contributed by atoms with van der Waals surface area (Å²) in [6.07, 6.45) is 2.67. The van der Waals surface area contributed by atoms with Crippen molar-refractivity contribution in [1.82, 2.24) is 24.6 Å². The molecule has 0 atom stereocenters. The Balaban J connectivity index is 1.57. The lowest BCUT2D eigenvalue weighted by atomic mass is 10.2. The predicted octanol–water partition coefficient (Wildman–Crippen LogP) is 2.77. The van der Waals surface area contributed by atoms with Crippen molar-refractivity contribution < 1.29 is 9.18 Å². The summed E-state index contributed by atoms with van der Waals surface area (Å²) in [5.74, 6) is 0.698. The number of hydrogen-bond acceptors (Lipinski definition) is 4. The zero-order chi connectivity index (χ0) is 19.2. The van der Waals surface area contributed by atoms with E-state index in [1.807, 2.05) is 21.6 Å². The van der Waals surface area contributed by atoms with Gasteiger partial charge in [-0.05, 0) is 42.8 Å². The first-order valence-corrected chi connectivity index (χ1v) is 9.86. The quantitative estimate of drug-likeness (QED) is 0.770. The number of nitrogens with zero attached hydrogens (tertiary/aromatic N) is 4. The summed E-state index contributed by atoms with van der Waals surface area (Å²) in [5.41, 5.74) is 1.09. The molecule has 1 fully saturated rings. The second-order valence-corrected chi connectivity index (χ2v) is 7.30. The fourth-order valence-electron chi connectivity index (χ4n) is 3.39. The van der Waals surface area contributed by atoms with Crippen LogP contribution in [-0.4, -0.2) is 56.7 Å². The molecule has 1 aliphatic rings. The largest absolute Gasteiger partial charge is 0.340 e. The topological polar surface area (TPSA) is 57.2 Å². The molecule has 8 heteroatoms. The van der Waals surface area contributed by atoms with E-state index in [4.69, 9.17) is 12.2 Å². The van der Waals surface area contributed by atoms with E-state index in [1.165, 1.54) is 12.1 Å². The number of rotatable bonds is 6. The average Bonchev–Trinajstić information content (AvgIpc) is 2.85. The Labute approximate surface area is 164 Å². The molecular formula is C19H26FN5OS. The number of aryl methyl sites for hydroxylation is 1. The van der Waals surface area contributed by atoms with Crippen LogP contribution in [0.3, 0.4) is 0 Å². The normalized spacial score (nSPS) is 15.7. The summed E-state index contributed by atoms with van der Waals surface area (Å²) >= 11 is 5.27. The molecule has 0 radical (unpaired) electrons. The van der Waals surface area contributed by atoms with Gasteiger partial charge in [-0.3, -0.25) is 19.4 Å². The Morgan fingerprint density at radius 1 is 1.22 bits per heavy atom. The van der Waals surface area contributed by atoms with Crippen molar-refractivity contribution in [3.63, 3.8) is 0 Å². The van der Waals surface area contributed by atoms with Crippen molar-refractivity contribution in [2.75, 3.05) is 26.2 Å². The molecule has 27 heavy (non-hydrogen) atoms. The molecule has 3 rings (SSSR count). The minimum atomic E-state index is -0.216. The van der Waals surface area contributed by atoms with Gasteiger partial charge in [-0.15, -0.1) is 0 Å². The molecule has 1 saturated heterocycles. The number of H-pyrrole nitrogens is 1. The van der Waals surface area contributed by atoms with Gasteiger partial charge in [0.1, 0.15) is 18.2 Å². The average molecular weight is 392 g/mol. The van der Waals surface area contributed by atoms with Crippen molar-refractivity contribution in [3.8, 4) is 0 Å². The van der Waals surface area contributed by atoms with Gasteiger partial charge in [0.2, 0.25) is 5.91 Å². The van der Waals surface area contributed by atoms with Gasteiger partial charge in [0.25, 0.3) is 0 Å². The molecule has 146 valence electrons. The Morgan fingerprint density at radius 2 is 2.00 bits per heavy atom. The number of carbonyl (C=O) groups excluding carboxylic acids is 1. The van der Waals surface area contributed by atoms with E-state index in [0.717, 1.165) is 56.8 Å². The molecule has 1 aromatic carbocycles. The van der Waals surface area contributed by atoms with Crippen LogP contribution >= 0.6 is 12.2 Å². The van der Waals surface area contributed by atoms with Crippen molar-refractivity contribution in [2.45, 2.75) is 39.3 Å². The molecule has 6 nitrogen and oxygen atoms in total. The lowest BCUT2D eigenvalue weighted by Gasteiger charge is -2.22. The number of halogens is 1. The van der Waals surface area contributed by atoms with Crippen LogP contribution in [0, 0.1) is 10.6 Å². The van der Waals surface area contributed by atoms with Gasteiger partial charge >= 0.3 is 0 Å². The number of benzene rings is 1. The van der Waals surface area contributed by atoms with Gasteiger partial charge in [0.05, 0.1) is 0 Å². The molecule has 2 heterocycles. The highest BCUT2D eigenvalue weighted by molar-refractivity contribution is 7.71. The highest BCUT2D eigenvalue weighted by Crippen LogP contribution is 2.11. The number of aromatic amines is 1. The highest BCUT2D eigenvalue weighted by Gasteiger charge is 2.20. The first-order valence-electron chi connectivity index (χ1n) is 9.45. The lowest BCUT2D eigenvalue weighted by Crippen LogP contribution is -2.37. The fraction of sp³-hybridized carbons (Fsp3) is 0.526. The van der Waals surface area contributed by atoms with Crippen LogP contribution in [0.2, 0.25) is 0 Å². The summed E-state index contributed by atoms with van der Waals surface area (Å²) in [4.78, 5) is 17.0. The van der Waals surface area contributed by atoms with Crippen LogP contribution in [0.4, 0.5) is 4.39 Å². The Hall–Kier alpha value is -2.06. The van der Waals surface area contributed by atoms with Gasteiger partial charge in [-0.1, -0.05) is 19.1 Å². The van der Waals surface area contributed by atoms with E-state index in [9.17, 15) is 9.18 Å². The standard InChI is InChI=1S/C19H26FN5OS/c1-2-4-17-21-22-19(27)25(17)14-18(26)24-10-3-9-23(11-12-24)13-15-5-7-16(20)8-6-15/h5-8H,2-4,9-14H2,1H3,(H,22,27). The summed E-state index contributed by atoms with van der Waals surface area (Å²) in [6, 6.07) is 6.62. The molecule has 0 spiro atoms. The van der Waals surface area contributed by atoms with Gasteiger partial charge in [-0.25, -0.2) is 4.39 Å². The fourth-order valence-corrected chi connectivity index (χ4v) is 3.61. The maximum atomic E-state index is 13.1. The smallest absolute Gasteiger partial charge is 0.242 e. The van der Waals surface area contributed by atoms with Crippen LogP contribution in [0.25, 0.3) is 0 Å². The first kappa shape index (κ1) is 19.7. The maximum absolute atomic E-state index is 13.1. The Kier molecular flexibility index (Phi) is 6.73. The van der Waals surface area contributed by atoms with Gasteiger partial charge in [-0.2, -0.15) is 5.10 Å². The van der Waals surface area contributed by atoms with E-state index in [1.54, 1.807) is 0 Å². The third-order valence-corrected chi connectivity index (χ3v) is 5.18. The number of carbonyl (C=O) groups is 1. The molecule has 1 aromatic heterocycles. The molecule has 1 aliphatic heterocycles. The number of aromatic nitrogens is 3. The monoisotopic (exact) mass is 391 g/mol. The van der Waals surface area contributed by atoms with Crippen LogP contribution in [0.5, 0.6) is 0 Å². The van der Waals surface area contributed by atoms with Crippen molar-refractivity contribution in [1.29, 1.82) is 0 Å². The maximum Gasteiger partial charge on any atom is 0.242 e. The lowest BCUT2D eigenvalue weighted by molar-refractivity contribution is -0.131. The molecule has 2 aromatic rings. The van der Waals surface area contributed by atoms with E-state index >= 15 is 0 Å². The van der Waals surface area contributed by atoms with Gasteiger partial charge in [0, 0.05) is 39.1 Å². The predicted molar refractivity (Wildman–Crippen MR) is 104 cm³/mol. The molecule has 0 saturated carbocycles. The molecular weight excluding hydrogens is 365 g/mol. The summed E-state index contributed by atoms with van der Waals surface area (Å²) in [7, 11) is 0. The van der Waals surface area contributed by atoms with Gasteiger partial charge < -0.3 is 4.90 Å². The minimum Gasteiger partial charge on any atom is -0.340 e. The summed E-state index contributed by atoms with van der Waals surface area (Å²) < 4.78 is 15.4. The van der Waals surface area contributed by atoms with Crippen LogP contribution < -0.4 is 0 Å². The van der Waals surface area contributed by atoms with E-state index in [-0.39, 0.29) is 18.3 Å². The Morgan fingerprint density at radius 3 is 2.74 bits per heavy atom. The number of nitrogens with one attached hydrogen (secondary N) is 1. The van der Waals surface area contributed by atoms with Crippen LogP contribution in [-0.2, 0) is 24.3 Å². The molecule has 1 N–H and O–H groups in total. The van der Waals surface area contributed by atoms with Crippen molar-refractivity contribution in [3.05, 3.63) is 46.2 Å². The van der Waals surface area contributed by atoms with E-state index in [0.29, 0.717) is 11.3 Å². The highest BCUT2D eigenvalue weighted by atomic mass is 32.1. The van der Waals surface area contributed by atoms with Crippen LogP contribution in [0.1, 0.15) is 31.2 Å². The second kappa shape index (κ2) is 9.23. The zero-order valence-electron chi connectivity index (χ0n) is 15.7. The van der Waals surface area contributed by atoms with Crippen LogP contribution in [0.15, 0.2) is 24.3 Å². The zero-order valence-corrected chi connectivity index (χ0v) is 16.5. The molecule has 0 aliphatic carbocycles. The number of amides is 1. The third kappa shape index (κ3) is 5.23. The minimum absolute atomic E-state index is 0.0773. The number of hydrogen-bond donors (Lipinski definition) is 1. The Bertz CT molecular complexity index is 816. The third-order valence-electron chi connectivity index (χ3n) is 4.86. The molecule has 0 unspecified atom stereocenters. The van der Waals surface area contributed by atoms with E-state index < -0.39 is 0 Å². The second-order valence-electron chi connectivity index (χ2n) is 6.92. The summed E-state index contributed by atoms with van der Waals surface area (Å²) in [5, 5.41) is 7.02. The van der Waals surface area contributed by atoms with Gasteiger partial charge in [0.15, 0.2) is 4.77 Å².